The number of H-pyrrole nitrogens is 2. The van der Waals surface area contributed by atoms with E-state index in [4.69, 9.17) is 0 Å². The van der Waals surface area contributed by atoms with E-state index >= 15 is 0 Å². The lowest BCUT2D eigenvalue weighted by Gasteiger charge is -1.96. The fourth-order valence-electron chi connectivity index (χ4n) is 1.64. The first-order valence-electron chi connectivity index (χ1n) is 5.43. The van der Waals surface area contributed by atoms with Crippen LogP contribution in [0, 0.1) is 0 Å². The maximum Gasteiger partial charge on any atom is 0.251 e. The fourth-order valence-corrected chi connectivity index (χ4v) is 2.35. The molecule has 3 rings (SSSR count). The predicted molar refractivity (Wildman–Crippen MR) is 70.5 cm³/mol. The molecule has 1 aromatic carbocycles. The molecule has 0 radical (unpaired) electrons. The number of rotatable bonds is 3. The minimum Gasteiger partial charge on any atom is -0.341 e. The third-order valence-corrected chi connectivity index (χ3v) is 3.33. The van der Waals surface area contributed by atoms with Crippen LogP contribution in [0.3, 0.4) is 0 Å². The highest BCUT2D eigenvalue weighted by molar-refractivity contribution is 7.98. The monoisotopic (exact) mass is 258 g/mol. The van der Waals surface area contributed by atoms with Crippen LogP contribution in [0.5, 0.6) is 0 Å². The van der Waals surface area contributed by atoms with Crippen LogP contribution < -0.4 is 5.56 Å². The molecule has 2 N–H and O–H groups in total. The summed E-state index contributed by atoms with van der Waals surface area (Å²) in [6.45, 7) is 0. The molecule has 90 valence electrons. The molecule has 5 nitrogen and oxygen atoms in total. The van der Waals surface area contributed by atoms with Gasteiger partial charge in [0.05, 0.1) is 16.8 Å². The molecule has 0 bridgehead atoms. The van der Waals surface area contributed by atoms with E-state index < -0.39 is 0 Å². The van der Waals surface area contributed by atoms with Gasteiger partial charge in [0.25, 0.3) is 5.56 Å². The Balaban J connectivity index is 1.78. The van der Waals surface area contributed by atoms with Crippen molar-refractivity contribution in [2.45, 2.75) is 10.9 Å². The summed E-state index contributed by atoms with van der Waals surface area (Å²) in [5.41, 5.74) is 1.82. The van der Waals surface area contributed by atoms with Crippen molar-refractivity contribution in [1.29, 1.82) is 0 Å². The molecule has 0 amide bonds. The molecule has 2 aromatic heterocycles. The molecule has 0 aliphatic heterocycles. The number of para-hydroxylation sites is 2. The van der Waals surface area contributed by atoms with Gasteiger partial charge in [0.15, 0.2) is 5.16 Å². The van der Waals surface area contributed by atoms with E-state index in [1.807, 2.05) is 24.3 Å². The summed E-state index contributed by atoms with van der Waals surface area (Å²) in [4.78, 5) is 25.5. The molecule has 0 aliphatic carbocycles. The third kappa shape index (κ3) is 2.28. The number of benzene rings is 1. The summed E-state index contributed by atoms with van der Waals surface area (Å²) < 4.78 is 0. The van der Waals surface area contributed by atoms with Crippen LogP contribution in [-0.2, 0) is 5.75 Å². The van der Waals surface area contributed by atoms with Crippen LogP contribution in [0.1, 0.15) is 5.82 Å². The zero-order valence-corrected chi connectivity index (χ0v) is 10.2. The number of nitrogens with one attached hydrogen (secondary N) is 2. The number of imidazole rings is 1. The van der Waals surface area contributed by atoms with Crippen molar-refractivity contribution in [1.82, 2.24) is 19.9 Å². The quantitative estimate of drug-likeness (QED) is 0.556. The second-order valence-corrected chi connectivity index (χ2v) is 4.69. The minimum atomic E-state index is -0.142. The van der Waals surface area contributed by atoms with Gasteiger partial charge in [-0.2, -0.15) is 0 Å². The molecular weight excluding hydrogens is 248 g/mol. The number of aromatic amines is 2. The molecule has 0 atom stereocenters. The molecule has 0 fully saturated rings. The summed E-state index contributed by atoms with van der Waals surface area (Å²) >= 11 is 1.44. The standard InChI is InChI=1S/C12H10N4OS/c17-11-5-6-13-12(16-11)18-7-10-14-8-3-1-2-4-9(8)15-10/h1-6H,7H2,(H,14,15)(H,13,16,17). The Labute approximate surface area is 107 Å². The Morgan fingerprint density at radius 3 is 2.89 bits per heavy atom. The summed E-state index contributed by atoms with van der Waals surface area (Å²) in [6.07, 6.45) is 1.50. The fraction of sp³-hybridized carbons (Fsp3) is 0.0833. The summed E-state index contributed by atoms with van der Waals surface area (Å²) in [5, 5.41) is 0.600. The molecular formula is C12H10N4OS. The molecule has 2 heterocycles. The van der Waals surface area contributed by atoms with Gasteiger partial charge < -0.3 is 9.97 Å². The van der Waals surface area contributed by atoms with Crippen LogP contribution >= 0.6 is 11.8 Å². The van der Waals surface area contributed by atoms with Gasteiger partial charge in [-0.05, 0) is 12.1 Å². The summed E-state index contributed by atoms with van der Waals surface area (Å²) in [5.74, 6) is 1.51. The lowest BCUT2D eigenvalue weighted by atomic mass is 10.3. The van der Waals surface area contributed by atoms with Crippen molar-refractivity contribution in [3.63, 3.8) is 0 Å². The molecule has 0 aliphatic rings. The SMILES string of the molecule is O=c1ccnc(SCc2nc3ccccc3[nH]2)[nH]1. The topological polar surface area (TPSA) is 74.4 Å². The molecule has 6 heteroatoms. The van der Waals surface area contributed by atoms with Gasteiger partial charge in [0.1, 0.15) is 5.82 Å². The lowest BCUT2D eigenvalue weighted by molar-refractivity contribution is 0.934. The molecule has 3 aromatic rings. The van der Waals surface area contributed by atoms with Gasteiger partial charge in [0.2, 0.25) is 0 Å². The van der Waals surface area contributed by atoms with Crippen LogP contribution in [0.25, 0.3) is 11.0 Å². The van der Waals surface area contributed by atoms with E-state index in [1.54, 1.807) is 0 Å². The van der Waals surface area contributed by atoms with Gasteiger partial charge in [0, 0.05) is 12.3 Å². The van der Waals surface area contributed by atoms with E-state index in [-0.39, 0.29) is 5.56 Å². The number of nitrogens with zero attached hydrogens (tertiary/aromatic N) is 2. The van der Waals surface area contributed by atoms with Gasteiger partial charge in [-0.1, -0.05) is 23.9 Å². The smallest absolute Gasteiger partial charge is 0.251 e. The van der Waals surface area contributed by atoms with Gasteiger partial charge in [-0.3, -0.25) is 4.79 Å². The zero-order valence-electron chi connectivity index (χ0n) is 9.38. The van der Waals surface area contributed by atoms with Crippen molar-refractivity contribution in [3.8, 4) is 0 Å². The Morgan fingerprint density at radius 1 is 1.17 bits per heavy atom. The van der Waals surface area contributed by atoms with E-state index in [9.17, 15) is 4.79 Å². The molecule has 0 unspecified atom stereocenters. The Hall–Kier alpha value is -2.08. The second-order valence-electron chi connectivity index (χ2n) is 3.73. The van der Waals surface area contributed by atoms with Crippen LogP contribution in [0.4, 0.5) is 0 Å². The Kier molecular flexibility index (Phi) is 2.85. The van der Waals surface area contributed by atoms with Gasteiger partial charge in [-0.25, -0.2) is 9.97 Å². The third-order valence-electron chi connectivity index (χ3n) is 2.43. The first-order chi connectivity index (χ1) is 8.81. The van der Waals surface area contributed by atoms with Crippen LogP contribution in [0.15, 0.2) is 46.5 Å². The predicted octanol–water partition coefficient (Wildman–Crippen LogP) is 1.94. The van der Waals surface area contributed by atoms with E-state index in [0.29, 0.717) is 10.9 Å². The number of fused-ring (bicyclic) bond motifs is 1. The molecule has 0 saturated carbocycles. The van der Waals surface area contributed by atoms with Crippen LogP contribution in [-0.4, -0.2) is 19.9 Å². The van der Waals surface area contributed by atoms with Crippen molar-refractivity contribution in [2.75, 3.05) is 0 Å². The van der Waals surface area contributed by atoms with E-state index in [1.165, 1.54) is 24.0 Å². The van der Waals surface area contributed by atoms with Crippen molar-refractivity contribution >= 4 is 22.8 Å². The maximum atomic E-state index is 11.1. The minimum absolute atomic E-state index is 0.142. The summed E-state index contributed by atoms with van der Waals surface area (Å²) in [6, 6.07) is 9.26. The van der Waals surface area contributed by atoms with Gasteiger partial charge >= 0.3 is 0 Å². The Bertz CT molecular complexity index is 701. The van der Waals surface area contributed by atoms with Crippen molar-refractivity contribution in [3.05, 3.63) is 52.7 Å². The first kappa shape index (κ1) is 11.0. The number of hydrogen-bond donors (Lipinski definition) is 2. The van der Waals surface area contributed by atoms with Gasteiger partial charge in [-0.15, -0.1) is 0 Å². The number of aromatic nitrogens is 4. The highest BCUT2D eigenvalue weighted by atomic mass is 32.2. The normalized spacial score (nSPS) is 10.9. The highest BCUT2D eigenvalue weighted by Crippen LogP contribution is 2.18. The van der Waals surface area contributed by atoms with Crippen molar-refractivity contribution < 1.29 is 0 Å². The number of thioether (sulfide) groups is 1. The van der Waals surface area contributed by atoms with Crippen LogP contribution in [0.2, 0.25) is 0 Å². The average molecular weight is 258 g/mol. The average Bonchev–Trinajstić information content (AvgIpc) is 2.79. The van der Waals surface area contributed by atoms with E-state index in [0.717, 1.165) is 16.9 Å². The largest absolute Gasteiger partial charge is 0.341 e. The number of hydrogen-bond acceptors (Lipinski definition) is 4. The maximum absolute atomic E-state index is 11.1. The first-order valence-corrected chi connectivity index (χ1v) is 6.41. The highest BCUT2D eigenvalue weighted by Gasteiger charge is 2.03. The lowest BCUT2D eigenvalue weighted by Crippen LogP contribution is -2.05. The summed E-state index contributed by atoms with van der Waals surface area (Å²) in [7, 11) is 0. The van der Waals surface area contributed by atoms with E-state index in [2.05, 4.69) is 19.9 Å². The zero-order chi connectivity index (χ0) is 12.4. The Morgan fingerprint density at radius 2 is 2.06 bits per heavy atom. The molecule has 0 spiro atoms. The molecule has 0 saturated heterocycles. The molecule has 18 heavy (non-hydrogen) atoms. The van der Waals surface area contributed by atoms with Crippen molar-refractivity contribution in [2.24, 2.45) is 0 Å². The second kappa shape index (κ2) is 4.66.